The summed E-state index contributed by atoms with van der Waals surface area (Å²) in [5.41, 5.74) is 3.48. The van der Waals surface area contributed by atoms with Crippen LogP contribution >= 0.6 is 0 Å². The molecule has 0 aliphatic heterocycles. The van der Waals surface area contributed by atoms with Crippen LogP contribution in [0.4, 0.5) is 22.0 Å². The van der Waals surface area contributed by atoms with Crippen LogP contribution in [0.25, 0.3) is 22.3 Å². The Kier molecular flexibility index (Phi) is 6.02. The quantitative estimate of drug-likeness (QED) is 0.167. The highest BCUT2D eigenvalue weighted by Gasteiger charge is 2.12. The summed E-state index contributed by atoms with van der Waals surface area (Å²) in [5.74, 6) is 0.611. The third-order valence-corrected chi connectivity index (χ3v) is 5.26. The lowest BCUT2D eigenvalue weighted by Gasteiger charge is -2.08. The van der Waals surface area contributed by atoms with Gasteiger partial charge in [0.25, 0.3) is 0 Å². The topological polar surface area (TPSA) is 0 Å². The summed E-state index contributed by atoms with van der Waals surface area (Å²) in [5, 5.41) is 0. The minimum absolute atomic E-state index is 0.187. The molecule has 0 bridgehead atoms. The Morgan fingerprint density at radius 3 is 1.79 bits per heavy atom. The largest absolute Gasteiger partial charge is 0.206 e. The van der Waals surface area contributed by atoms with E-state index >= 15 is 0 Å². The average molecular weight is 448 g/mol. The molecule has 4 rings (SSSR count). The zero-order valence-corrected chi connectivity index (χ0v) is 17.7. The van der Waals surface area contributed by atoms with Gasteiger partial charge in [0.05, 0.1) is 5.56 Å². The second-order valence-corrected chi connectivity index (χ2v) is 7.71. The van der Waals surface area contributed by atoms with Gasteiger partial charge in [-0.25, -0.2) is 22.0 Å². The van der Waals surface area contributed by atoms with Gasteiger partial charge in [-0.05, 0) is 84.1 Å². The van der Waals surface area contributed by atoms with Crippen LogP contribution in [0.5, 0.6) is 0 Å². The molecule has 0 N–H and O–H groups in total. The van der Waals surface area contributed by atoms with E-state index in [1.807, 2.05) is 0 Å². The van der Waals surface area contributed by atoms with Crippen molar-refractivity contribution in [3.05, 3.63) is 118 Å². The molecule has 0 unspecified atom stereocenters. The number of hydrogen-bond donors (Lipinski definition) is 0. The zero-order valence-electron chi connectivity index (χ0n) is 17.7. The van der Waals surface area contributed by atoms with Crippen molar-refractivity contribution in [2.24, 2.45) is 0 Å². The molecule has 0 spiro atoms. The third-order valence-electron chi connectivity index (χ3n) is 5.26. The van der Waals surface area contributed by atoms with Crippen LogP contribution in [0.1, 0.15) is 22.3 Å². The minimum Gasteiger partial charge on any atom is -0.206 e. The molecule has 0 radical (unpaired) electrons. The highest BCUT2D eigenvalue weighted by molar-refractivity contribution is 5.68. The molecule has 0 nitrogen and oxygen atoms in total. The number of benzene rings is 4. The maximum Gasteiger partial charge on any atom is 0.194 e. The molecule has 33 heavy (non-hydrogen) atoms. The van der Waals surface area contributed by atoms with Crippen LogP contribution in [0.2, 0.25) is 0 Å². The van der Waals surface area contributed by atoms with Crippen LogP contribution in [0.15, 0.2) is 66.7 Å². The summed E-state index contributed by atoms with van der Waals surface area (Å²) < 4.78 is 69.2. The Bertz CT molecular complexity index is 1380. The van der Waals surface area contributed by atoms with Crippen molar-refractivity contribution in [1.29, 1.82) is 0 Å². The molecule has 0 aromatic heterocycles. The smallest absolute Gasteiger partial charge is 0.194 e. The van der Waals surface area contributed by atoms with Gasteiger partial charge in [0.2, 0.25) is 0 Å². The number of rotatable bonds is 2. The first-order valence-corrected chi connectivity index (χ1v) is 10.1. The molecule has 4 aromatic carbocycles. The molecule has 0 heterocycles. The van der Waals surface area contributed by atoms with Crippen molar-refractivity contribution in [1.82, 2.24) is 0 Å². The fourth-order valence-electron chi connectivity index (χ4n) is 3.52. The normalized spacial score (nSPS) is 10.6. The van der Waals surface area contributed by atoms with E-state index in [1.165, 1.54) is 12.1 Å². The Morgan fingerprint density at radius 2 is 1.18 bits per heavy atom. The van der Waals surface area contributed by atoms with E-state index in [0.717, 1.165) is 17.7 Å². The Morgan fingerprint density at radius 1 is 0.545 bits per heavy atom. The van der Waals surface area contributed by atoms with Crippen LogP contribution in [0.3, 0.4) is 0 Å². The molecule has 164 valence electrons. The summed E-state index contributed by atoms with van der Waals surface area (Å²) in [6, 6.07) is 15.9. The summed E-state index contributed by atoms with van der Waals surface area (Å²) >= 11 is 0. The lowest BCUT2D eigenvalue weighted by molar-refractivity contribution is 0.448. The van der Waals surface area contributed by atoms with E-state index < -0.39 is 29.1 Å². The van der Waals surface area contributed by atoms with Gasteiger partial charge in [0.15, 0.2) is 17.5 Å². The number of hydrogen-bond acceptors (Lipinski definition) is 0. The minimum atomic E-state index is -1.52. The van der Waals surface area contributed by atoms with Crippen molar-refractivity contribution in [2.45, 2.75) is 13.8 Å². The predicted molar refractivity (Wildman–Crippen MR) is 119 cm³/mol. The molecular weight excluding hydrogens is 431 g/mol. The SMILES string of the molecule is Cc1ccc(-c2cc(C)c(C#Cc3ccc(-c4cc(F)c(F)c(F)c4)cc3)c(F)c2)c(F)c1. The lowest BCUT2D eigenvalue weighted by Crippen LogP contribution is -1.93. The van der Waals surface area contributed by atoms with E-state index in [-0.39, 0.29) is 11.1 Å². The summed E-state index contributed by atoms with van der Waals surface area (Å²) in [4.78, 5) is 0. The Hall–Kier alpha value is -3.91. The molecule has 4 aromatic rings. The maximum absolute atomic E-state index is 14.8. The highest BCUT2D eigenvalue weighted by atomic mass is 19.2. The predicted octanol–water partition coefficient (Wildman–Crippen LogP) is 7.73. The van der Waals surface area contributed by atoms with Gasteiger partial charge in [0.1, 0.15) is 11.6 Å². The van der Waals surface area contributed by atoms with Crippen molar-refractivity contribution in [3.8, 4) is 34.1 Å². The molecule has 0 amide bonds. The van der Waals surface area contributed by atoms with E-state index in [1.54, 1.807) is 56.3 Å². The molecule has 0 fully saturated rings. The van der Waals surface area contributed by atoms with Crippen LogP contribution < -0.4 is 0 Å². The summed E-state index contributed by atoms with van der Waals surface area (Å²) in [7, 11) is 0. The second kappa shape index (κ2) is 8.91. The van der Waals surface area contributed by atoms with Crippen molar-refractivity contribution in [2.75, 3.05) is 0 Å². The average Bonchev–Trinajstić information content (AvgIpc) is 2.77. The highest BCUT2D eigenvalue weighted by Crippen LogP contribution is 2.28. The van der Waals surface area contributed by atoms with Crippen molar-refractivity contribution in [3.63, 3.8) is 0 Å². The third kappa shape index (κ3) is 4.65. The van der Waals surface area contributed by atoms with E-state index in [2.05, 4.69) is 11.8 Å². The summed E-state index contributed by atoms with van der Waals surface area (Å²) in [6.07, 6.45) is 0. The zero-order chi connectivity index (χ0) is 23.7. The number of aryl methyl sites for hydroxylation is 2. The van der Waals surface area contributed by atoms with Crippen molar-refractivity contribution >= 4 is 0 Å². The Labute approximate surface area is 188 Å². The second-order valence-electron chi connectivity index (χ2n) is 7.71. The van der Waals surface area contributed by atoms with Crippen LogP contribution in [0, 0.1) is 54.8 Å². The van der Waals surface area contributed by atoms with Gasteiger partial charge in [-0.15, -0.1) is 0 Å². The first kappa shape index (κ1) is 22.3. The van der Waals surface area contributed by atoms with Crippen LogP contribution in [-0.4, -0.2) is 0 Å². The molecule has 0 saturated heterocycles. The molecule has 0 aliphatic rings. The van der Waals surface area contributed by atoms with E-state index in [4.69, 9.17) is 0 Å². The monoisotopic (exact) mass is 448 g/mol. The van der Waals surface area contributed by atoms with Gasteiger partial charge in [0, 0.05) is 11.1 Å². The van der Waals surface area contributed by atoms with Crippen LogP contribution in [-0.2, 0) is 0 Å². The van der Waals surface area contributed by atoms with E-state index in [9.17, 15) is 22.0 Å². The van der Waals surface area contributed by atoms with Gasteiger partial charge >= 0.3 is 0 Å². The molecule has 0 atom stereocenters. The Balaban J connectivity index is 1.62. The van der Waals surface area contributed by atoms with Gasteiger partial charge in [-0.3, -0.25) is 0 Å². The molecule has 0 aliphatic carbocycles. The lowest BCUT2D eigenvalue weighted by atomic mass is 9.98. The molecule has 0 saturated carbocycles. The molecular formula is C28H17F5. The summed E-state index contributed by atoms with van der Waals surface area (Å²) in [6.45, 7) is 3.48. The van der Waals surface area contributed by atoms with Gasteiger partial charge in [-0.2, -0.15) is 0 Å². The first-order valence-electron chi connectivity index (χ1n) is 10.1. The fourth-order valence-corrected chi connectivity index (χ4v) is 3.52. The van der Waals surface area contributed by atoms with E-state index in [0.29, 0.717) is 27.8 Å². The maximum atomic E-state index is 14.8. The van der Waals surface area contributed by atoms with Crippen molar-refractivity contribution < 1.29 is 22.0 Å². The fraction of sp³-hybridized carbons (Fsp3) is 0.0714. The number of halogens is 5. The molecule has 5 heteroatoms. The van der Waals surface area contributed by atoms with Gasteiger partial charge in [-0.1, -0.05) is 36.1 Å². The first-order chi connectivity index (χ1) is 15.7. The standard InChI is InChI=1S/C28H17F5/c1-16-3-9-23(24(29)11-16)21-12-17(2)22(25(30)15-21)10-6-18-4-7-19(8-5-18)20-13-26(31)28(33)27(32)14-20/h3-5,7-9,11-15H,1-2H3. The van der Waals surface area contributed by atoms with Gasteiger partial charge < -0.3 is 0 Å².